The molecule has 0 bridgehead atoms. The molecule has 0 aliphatic rings. The predicted molar refractivity (Wildman–Crippen MR) is 83.3 cm³/mol. The molecule has 0 radical (unpaired) electrons. The van der Waals surface area contributed by atoms with E-state index in [2.05, 4.69) is 60.7 Å². The Morgan fingerprint density at radius 3 is 2.40 bits per heavy atom. The summed E-state index contributed by atoms with van der Waals surface area (Å²) in [5.41, 5.74) is 4.94. The first kappa shape index (κ1) is 19.1. The first-order valence-electron chi connectivity index (χ1n) is 6.12. The molecule has 0 unspecified atom stereocenters. The summed E-state index contributed by atoms with van der Waals surface area (Å²) in [5, 5.41) is 12.1. The summed E-state index contributed by atoms with van der Waals surface area (Å²) in [6.07, 6.45) is -1.33. The van der Waals surface area contributed by atoms with Crippen molar-refractivity contribution in [2.75, 3.05) is 0 Å². The second-order valence-electron chi connectivity index (χ2n) is 5.81. The molecule has 0 aliphatic carbocycles. The van der Waals surface area contributed by atoms with E-state index >= 15 is 0 Å². The Hall–Kier alpha value is -0.863. The normalized spacial score (nSPS) is 11.7. The second-order valence-corrected chi connectivity index (χ2v) is 11.2. The van der Waals surface area contributed by atoms with Crippen LogP contribution in [0, 0.1) is 0 Å². The Labute approximate surface area is 128 Å². The van der Waals surface area contributed by atoms with Gasteiger partial charge in [0.05, 0.1) is 12.3 Å². The quantitative estimate of drug-likeness (QED) is 0.624. The number of carboxylic acid groups (broad SMARTS) is 1. The van der Waals surface area contributed by atoms with E-state index in [0.717, 1.165) is 16.8 Å². The van der Waals surface area contributed by atoms with Crippen molar-refractivity contribution < 1.29 is 18.9 Å². The molecule has 1 aromatic rings. The lowest BCUT2D eigenvalue weighted by atomic mass is 10.2. The first-order valence-corrected chi connectivity index (χ1v) is 10.2. The van der Waals surface area contributed by atoms with Crippen molar-refractivity contribution in [1.82, 2.24) is 5.16 Å². The summed E-state index contributed by atoms with van der Waals surface area (Å²) in [6, 6.07) is 1.93. The van der Waals surface area contributed by atoms with Crippen LogP contribution in [0.4, 0.5) is 4.79 Å². The summed E-state index contributed by atoms with van der Waals surface area (Å²) in [5.74, 6) is 0.805. The molecule has 0 saturated carbocycles. The predicted octanol–water partition coefficient (Wildman–Crippen LogP) is 3.71. The summed E-state index contributed by atoms with van der Waals surface area (Å²) >= 11 is 3.34. The highest BCUT2D eigenvalue weighted by molar-refractivity contribution is 9.08. The average Bonchev–Trinajstić information content (AvgIpc) is 2.72. The highest BCUT2D eigenvalue weighted by Crippen LogP contribution is 2.37. The third kappa shape index (κ3) is 7.06. The lowest BCUT2D eigenvalue weighted by Gasteiger charge is -2.35. The molecule has 116 valence electrons. The standard InChI is InChI=1S/C11H20BrNO2Si.CH3NO2/c1-11(2,3)16(4,5)14-8-10-6-9(7-12)13-15-10;2-1(3)4/h6H,7-8H2,1-5H3;2H2,(H,3,4). The van der Waals surface area contributed by atoms with Gasteiger partial charge in [0.1, 0.15) is 0 Å². The number of hydrogen-bond donors (Lipinski definition) is 2. The van der Waals surface area contributed by atoms with Crippen LogP contribution in [0.1, 0.15) is 32.2 Å². The molecule has 0 atom stereocenters. The van der Waals surface area contributed by atoms with Gasteiger partial charge in [0.25, 0.3) is 0 Å². The van der Waals surface area contributed by atoms with Gasteiger partial charge >= 0.3 is 6.09 Å². The van der Waals surface area contributed by atoms with Crippen LogP contribution in [0.15, 0.2) is 10.6 Å². The van der Waals surface area contributed by atoms with Crippen molar-refractivity contribution >= 4 is 30.3 Å². The van der Waals surface area contributed by atoms with Crippen LogP contribution in [0.5, 0.6) is 0 Å². The smallest absolute Gasteiger partial charge is 0.402 e. The van der Waals surface area contributed by atoms with Gasteiger partial charge in [0, 0.05) is 11.4 Å². The van der Waals surface area contributed by atoms with E-state index in [1.807, 2.05) is 6.07 Å². The Morgan fingerprint density at radius 2 is 2.05 bits per heavy atom. The lowest BCUT2D eigenvalue weighted by molar-refractivity contribution is 0.205. The van der Waals surface area contributed by atoms with Crippen molar-refractivity contribution in [1.29, 1.82) is 0 Å². The number of carbonyl (C=O) groups is 1. The van der Waals surface area contributed by atoms with Gasteiger partial charge in [-0.05, 0) is 18.1 Å². The number of hydrogen-bond acceptors (Lipinski definition) is 4. The molecule has 20 heavy (non-hydrogen) atoms. The van der Waals surface area contributed by atoms with Gasteiger partial charge in [-0.2, -0.15) is 0 Å². The first-order chi connectivity index (χ1) is 8.99. The van der Waals surface area contributed by atoms with Gasteiger partial charge in [-0.15, -0.1) is 0 Å². The molecule has 6 nitrogen and oxygen atoms in total. The zero-order valence-corrected chi connectivity index (χ0v) is 15.2. The Bertz CT molecular complexity index is 425. The van der Waals surface area contributed by atoms with Crippen LogP contribution < -0.4 is 5.73 Å². The summed E-state index contributed by atoms with van der Waals surface area (Å²) < 4.78 is 11.2. The van der Waals surface area contributed by atoms with E-state index in [9.17, 15) is 0 Å². The minimum Gasteiger partial charge on any atom is -0.465 e. The largest absolute Gasteiger partial charge is 0.465 e. The molecule has 1 heterocycles. The zero-order chi connectivity index (χ0) is 16.0. The third-order valence-electron chi connectivity index (χ3n) is 3.13. The van der Waals surface area contributed by atoms with E-state index in [1.54, 1.807) is 0 Å². The van der Waals surface area contributed by atoms with Gasteiger partial charge in [0.2, 0.25) is 0 Å². The van der Waals surface area contributed by atoms with Gasteiger partial charge in [-0.25, -0.2) is 4.79 Å². The van der Waals surface area contributed by atoms with E-state index in [0.29, 0.717) is 6.61 Å². The number of aromatic nitrogens is 1. The monoisotopic (exact) mass is 366 g/mol. The van der Waals surface area contributed by atoms with Crippen LogP contribution in [0.3, 0.4) is 0 Å². The Kier molecular flexibility index (Phi) is 7.46. The number of nitrogens with two attached hydrogens (primary N) is 1. The molecular weight excluding hydrogens is 344 g/mol. The molecule has 1 rings (SSSR count). The molecule has 1 amide bonds. The van der Waals surface area contributed by atoms with Gasteiger partial charge in [-0.1, -0.05) is 41.9 Å². The van der Waals surface area contributed by atoms with E-state index in [4.69, 9.17) is 18.9 Å². The minimum atomic E-state index is -1.69. The second kappa shape index (κ2) is 7.80. The number of rotatable bonds is 4. The SMILES string of the molecule is CC(C)(C)[Si](C)(C)OCc1cc(CBr)no1.NC(=O)O. The van der Waals surface area contributed by atoms with Gasteiger partial charge < -0.3 is 19.8 Å². The fourth-order valence-electron chi connectivity index (χ4n) is 0.955. The minimum absolute atomic E-state index is 0.227. The van der Waals surface area contributed by atoms with Crippen LogP contribution in [-0.2, 0) is 16.4 Å². The fraction of sp³-hybridized carbons (Fsp3) is 0.667. The Morgan fingerprint density at radius 1 is 1.55 bits per heavy atom. The fourth-order valence-corrected chi connectivity index (χ4v) is 2.16. The number of amides is 1. The summed E-state index contributed by atoms with van der Waals surface area (Å²) in [7, 11) is -1.69. The van der Waals surface area contributed by atoms with Crippen LogP contribution in [0.25, 0.3) is 0 Å². The van der Waals surface area contributed by atoms with Gasteiger partial charge in [0.15, 0.2) is 14.1 Å². The van der Waals surface area contributed by atoms with E-state index in [-0.39, 0.29) is 5.04 Å². The number of alkyl halides is 1. The summed E-state index contributed by atoms with van der Waals surface area (Å²) in [6.45, 7) is 11.7. The van der Waals surface area contributed by atoms with E-state index < -0.39 is 14.4 Å². The molecule has 1 aromatic heterocycles. The third-order valence-corrected chi connectivity index (χ3v) is 8.18. The zero-order valence-electron chi connectivity index (χ0n) is 12.6. The molecule has 0 aliphatic heterocycles. The van der Waals surface area contributed by atoms with Crippen LogP contribution in [0.2, 0.25) is 18.1 Å². The average molecular weight is 367 g/mol. The lowest BCUT2D eigenvalue weighted by Crippen LogP contribution is -2.40. The molecule has 0 saturated heterocycles. The number of halogens is 1. The topological polar surface area (TPSA) is 98.6 Å². The highest BCUT2D eigenvalue weighted by Gasteiger charge is 2.37. The summed E-state index contributed by atoms with van der Waals surface area (Å²) in [4.78, 5) is 8.78. The molecule has 0 aromatic carbocycles. The highest BCUT2D eigenvalue weighted by atomic mass is 79.9. The van der Waals surface area contributed by atoms with E-state index in [1.165, 1.54) is 0 Å². The van der Waals surface area contributed by atoms with Crippen molar-refractivity contribution in [2.45, 2.75) is 50.8 Å². The molecule has 0 spiro atoms. The molecular formula is C12H23BrN2O4Si. The number of nitrogens with zero attached hydrogens (tertiary/aromatic N) is 1. The molecule has 8 heteroatoms. The maximum atomic E-state index is 8.78. The van der Waals surface area contributed by atoms with Gasteiger partial charge in [-0.3, -0.25) is 0 Å². The number of primary amides is 1. The maximum absolute atomic E-state index is 8.78. The van der Waals surface area contributed by atoms with Crippen molar-refractivity contribution in [3.8, 4) is 0 Å². The van der Waals surface area contributed by atoms with Crippen LogP contribution >= 0.6 is 15.9 Å². The van der Waals surface area contributed by atoms with Crippen LogP contribution in [-0.4, -0.2) is 24.7 Å². The van der Waals surface area contributed by atoms with Crippen molar-refractivity contribution in [2.24, 2.45) is 5.73 Å². The van der Waals surface area contributed by atoms with Crippen molar-refractivity contribution in [3.05, 3.63) is 17.5 Å². The maximum Gasteiger partial charge on any atom is 0.402 e. The van der Waals surface area contributed by atoms with Crippen molar-refractivity contribution in [3.63, 3.8) is 0 Å². The molecule has 3 N–H and O–H groups in total. The molecule has 0 fully saturated rings. The Balaban J connectivity index is 0.000000796.